The highest BCUT2D eigenvalue weighted by atomic mass is 16.5. The summed E-state index contributed by atoms with van der Waals surface area (Å²) in [5, 5.41) is 11.9. The summed E-state index contributed by atoms with van der Waals surface area (Å²) < 4.78 is 5.71. The number of nitrogens with one attached hydrogen (secondary N) is 1. The van der Waals surface area contributed by atoms with Gasteiger partial charge in [-0.15, -0.1) is 0 Å². The largest absolute Gasteiger partial charge is 0.481 e. The molecule has 2 aliphatic rings. The quantitative estimate of drug-likeness (QED) is 0.813. The molecule has 2 aromatic carbocycles. The summed E-state index contributed by atoms with van der Waals surface area (Å²) in [5.74, 6) is -0.673. The summed E-state index contributed by atoms with van der Waals surface area (Å²) in [7, 11) is 0. The average molecular weight is 394 g/mol. The molecule has 7 nitrogen and oxygen atoms in total. The third-order valence-electron chi connectivity index (χ3n) is 5.36. The maximum Gasteiger partial charge on any atom is 0.305 e. The van der Waals surface area contributed by atoms with Crippen LogP contribution in [0.5, 0.6) is 5.75 Å². The third kappa shape index (κ3) is 4.08. The summed E-state index contributed by atoms with van der Waals surface area (Å²) >= 11 is 0. The number of carbonyl (C=O) groups excluding carboxylic acids is 2. The first-order valence-corrected chi connectivity index (χ1v) is 9.69. The molecule has 2 amide bonds. The van der Waals surface area contributed by atoms with Crippen LogP contribution in [0.25, 0.3) is 0 Å². The fourth-order valence-electron chi connectivity index (χ4n) is 3.96. The zero-order chi connectivity index (χ0) is 20.4. The second-order valence-corrected chi connectivity index (χ2v) is 7.38. The van der Waals surface area contributed by atoms with Crippen molar-refractivity contribution >= 4 is 23.5 Å². The highest BCUT2D eigenvalue weighted by molar-refractivity contribution is 5.99. The number of para-hydroxylation sites is 1. The molecule has 29 heavy (non-hydrogen) atoms. The Hall–Kier alpha value is -3.35. The van der Waals surface area contributed by atoms with Crippen molar-refractivity contribution in [3.63, 3.8) is 0 Å². The van der Waals surface area contributed by atoms with Crippen LogP contribution in [-0.2, 0) is 16.0 Å². The number of aliphatic carboxylic acids is 1. The van der Waals surface area contributed by atoms with Gasteiger partial charge in [0.2, 0.25) is 0 Å². The fourth-order valence-corrected chi connectivity index (χ4v) is 3.96. The van der Waals surface area contributed by atoms with Crippen LogP contribution in [0.2, 0.25) is 0 Å². The molecular weight excluding hydrogens is 372 g/mol. The lowest BCUT2D eigenvalue weighted by molar-refractivity contribution is -0.138. The van der Waals surface area contributed by atoms with Crippen LogP contribution in [0.4, 0.5) is 5.69 Å². The number of amides is 2. The van der Waals surface area contributed by atoms with Crippen molar-refractivity contribution in [3.05, 3.63) is 59.7 Å². The van der Waals surface area contributed by atoms with E-state index in [1.54, 1.807) is 29.2 Å². The van der Waals surface area contributed by atoms with Crippen molar-refractivity contribution in [2.75, 3.05) is 11.9 Å². The number of carbonyl (C=O) groups is 3. The van der Waals surface area contributed by atoms with E-state index in [1.165, 1.54) is 0 Å². The molecular formula is C22H22N2O5. The topological polar surface area (TPSA) is 95.9 Å². The molecule has 0 bridgehead atoms. The highest BCUT2D eigenvalue weighted by Crippen LogP contribution is 2.29. The number of nitrogens with zero attached hydrogens (tertiary/aromatic N) is 1. The van der Waals surface area contributed by atoms with Crippen LogP contribution in [0, 0.1) is 0 Å². The molecule has 0 spiro atoms. The highest BCUT2D eigenvalue weighted by Gasteiger charge is 2.32. The van der Waals surface area contributed by atoms with Crippen LogP contribution in [-0.4, -0.2) is 46.5 Å². The molecule has 2 heterocycles. The Balaban J connectivity index is 1.43. The van der Waals surface area contributed by atoms with Crippen LogP contribution in [0.15, 0.2) is 48.5 Å². The molecule has 1 fully saturated rings. The summed E-state index contributed by atoms with van der Waals surface area (Å²) in [5.41, 5.74) is 1.93. The van der Waals surface area contributed by atoms with E-state index in [9.17, 15) is 14.4 Å². The first-order valence-electron chi connectivity index (χ1n) is 9.69. The first-order chi connectivity index (χ1) is 14.0. The molecule has 2 atom stereocenters. The Kier molecular flexibility index (Phi) is 5.20. The summed E-state index contributed by atoms with van der Waals surface area (Å²) in [6, 6.07) is 14.0. The zero-order valence-corrected chi connectivity index (χ0v) is 15.8. The van der Waals surface area contributed by atoms with Gasteiger partial charge in [0.1, 0.15) is 5.75 Å². The number of benzene rings is 2. The van der Waals surface area contributed by atoms with Gasteiger partial charge < -0.3 is 20.1 Å². The Bertz CT molecular complexity index is 933. The van der Waals surface area contributed by atoms with Crippen LogP contribution in [0.1, 0.15) is 35.2 Å². The molecule has 0 saturated carbocycles. The van der Waals surface area contributed by atoms with Crippen LogP contribution in [0.3, 0.4) is 0 Å². The number of ether oxygens (including phenoxy) is 1. The third-order valence-corrected chi connectivity index (χ3v) is 5.36. The number of fused-ring (bicyclic) bond motifs is 1. The van der Waals surface area contributed by atoms with Gasteiger partial charge in [0.05, 0.1) is 6.42 Å². The van der Waals surface area contributed by atoms with Gasteiger partial charge in [-0.1, -0.05) is 24.3 Å². The number of anilines is 1. The molecule has 150 valence electrons. The lowest BCUT2D eigenvalue weighted by atomic mass is 10.1. The van der Waals surface area contributed by atoms with Gasteiger partial charge in [0, 0.05) is 30.3 Å². The summed E-state index contributed by atoms with van der Waals surface area (Å²) in [4.78, 5) is 38.1. The molecule has 1 saturated heterocycles. The van der Waals surface area contributed by atoms with Gasteiger partial charge in [-0.25, -0.2) is 0 Å². The molecule has 0 aromatic heterocycles. The molecule has 2 aromatic rings. The summed E-state index contributed by atoms with van der Waals surface area (Å²) in [6.45, 7) is 0.543. The van der Waals surface area contributed by atoms with Crippen molar-refractivity contribution in [2.45, 2.75) is 37.8 Å². The predicted molar refractivity (Wildman–Crippen MR) is 106 cm³/mol. The Morgan fingerprint density at radius 3 is 2.76 bits per heavy atom. The van der Waals surface area contributed by atoms with Crippen molar-refractivity contribution in [2.24, 2.45) is 0 Å². The van der Waals surface area contributed by atoms with E-state index >= 15 is 0 Å². The first kappa shape index (κ1) is 19.0. The summed E-state index contributed by atoms with van der Waals surface area (Å²) in [6.07, 6.45) is 1.33. The van der Waals surface area contributed by atoms with Crippen molar-refractivity contribution in [1.82, 2.24) is 4.90 Å². The van der Waals surface area contributed by atoms with Crippen molar-refractivity contribution in [3.8, 4) is 5.75 Å². The second-order valence-electron chi connectivity index (χ2n) is 7.38. The van der Waals surface area contributed by atoms with E-state index in [4.69, 9.17) is 9.84 Å². The van der Waals surface area contributed by atoms with E-state index < -0.39 is 12.1 Å². The number of hydrogen-bond donors (Lipinski definition) is 2. The van der Waals surface area contributed by atoms with Gasteiger partial charge in [-0.05, 0) is 42.7 Å². The molecule has 4 rings (SSSR count). The normalized spacial score (nSPS) is 20.1. The molecule has 0 radical (unpaired) electrons. The number of carboxylic acid groups (broad SMARTS) is 1. The number of carboxylic acids is 1. The number of rotatable bonds is 5. The van der Waals surface area contributed by atoms with Gasteiger partial charge in [-0.3, -0.25) is 14.4 Å². The predicted octanol–water partition coefficient (Wildman–Crippen LogP) is 2.71. The number of hydrogen-bond acceptors (Lipinski definition) is 4. The van der Waals surface area contributed by atoms with E-state index in [-0.39, 0.29) is 24.3 Å². The fraction of sp³-hybridized carbons (Fsp3) is 0.318. The monoisotopic (exact) mass is 394 g/mol. The van der Waals surface area contributed by atoms with E-state index in [0.717, 1.165) is 17.7 Å². The molecule has 7 heteroatoms. The second kappa shape index (κ2) is 7.95. The van der Waals surface area contributed by atoms with Gasteiger partial charge in [-0.2, -0.15) is 0 Å². The van der Waals surface area contributed by atoms with Gasteiger partial charge >= 0.3 is 5.97 Å². The lowest BCUT2D eigenvalue weighted by Gasteiger charge is -2.23. The minimum atomic E-state index is -0.909. The molecule has 0 aliphatic carbocycles. The Morgan fingerprint density at radius 1 is 1.14 bits per heavy atom. The van der Waals surface area contributed by atoms with Crippen molar-refractivity contribution < 1.29 is 24.2 Å². The molecule has 2 N–H and O–H groups in total. The lowest BCUT2D eigenvalue weighted by Crippen LogP contribution is -2.37. The Morgan fingerprint density at radius 2 is 1.97 bits per heavy atom. The molecule has 2 aliphatic heterocycles. The standard InChI is InChI=1S/C22H22N2O5/c25-20(26)13-17-8-4-10-24(17)22(28)15-6-3-7-16(11-15)23-21(27)19-12-14-5-1-2-9-18(14)29-19/h1-3,5-7,9,11,17,19H,4,8,10,12-13H2,(H,23,27)(H,25,26). The maximum atomic E-state index is 12.9. The van der Waals surface area contributed by atoms with E-state index in [0.29, 0.717) is 30.6 Å². The minimum absolute atomic E-state index is 0.0538. The Labute approximate surface area is 168 Å². The SMILES string of the molecule is O=C(O)CC1CCCN1C(=O)c1cccc(NC(=O)C2Cc3ccccc3O2)c1. The minimum Gasteiger partial charge on any atom is -0.481 e. The van der Waals surface area contributed by atoms with Crippen molar-refractivity contribution in [1.29, 1.82) is 0 Å². The smallest absolute Gasteiger partial charge is 0.305 e. The van der Waals surface area contributed by atoms with E-state index in [1.807, 2.05) is 24.3 Å². The zero-order valence-electron chi connectivity index (χ0n) is 15.8. The van der Waals surface area contributed by atoms with Gasteiger partial charge in [0.25, 0.3) is 11.8 Å². The number of likely N-dealkylation sites (tertiary alicyclic amines) is 1. The average Bonchev–Trinajstić information content (AvgIpc) is 3.34. The van der Waals surface area contributed by atoms with E-state index in [2.05, 4.69) is 5.32 Å². The van der Waals surface area contributed by atoms with Crippen LogP contribution >= 0.6 is 0 Å². The van der Waals surface area contributed by atoms with Gasteiger partial charge in [0.15, 0.2) is 6.10 Å². The molecule has 2 unspecified atom stereocenters. The maximum absolute atomic E-state index is 12.9. The van der Waals surface area contributed by atoms with Crippen LogP contribution < -0.4 is 10.1 Å².